The Morgan fingerprint density at radius 2 is 2.00 bits per heavy atom. The predicted molar refractivity (Wildman–Crippen MR) is 91.7 cm³/mol. The Morgan fingerprint density at radius 1 is 1.25 bits per heavy atom. The quantitative estimate of drug-likeness (QED) is 0.467. The van der Waals surface area contributed by atoms with Crippen molar-refractivity contribution < 1.29 is 27.5 Å². The first-order chi connectivity index (χ1) is 13.3. The van der Waals surface area contributed by atoms with Gasteiger partial charge in [-0.1, -0.05) is 24.3 Å². The standard InChI is InChI=1S/C17H14F3N5O3/c1-11(26)28-25-16(24-15-8-4-6-13(9-21)23-15)22-10-12-5-2-3-7-14(12)27-17(18,19)20/h2-8H,10H2,1H3,(H2,22,23,24,25). The molecule has 11 heteroatoms. The van der Waals surface area contributed by atoms with Gasteiger partial charge in [-0.25, -0.2) is 9.98 Å². The van der Waals surface area contributed by atoms with E-state index in [-0.39, 0.29) is 29.6 Å². The van der Waals surface area contributed by atoms with Gasteiger partial charge in [0.2, 0.25) is 5.96 Å². The van der Waals surface area contributed by atoms with Crippen molar-refractivity contribution in [3.8, 4) is 11.8 Å². The van der Waals surface area contributed by atoms with Crippen molar-refractivity contribution in [3.63, 3.8) is 0 Å². The molecule has 1 aromatic carbocycles. The van der Waals surface area contributed by atoms with Crippen LogP contribution in [0.5, 0.6) is 5.75 Å². The fourth-order valence-corrected chi connectivity index (χ4v) is 1.93. The fraction of sp³-hybridized carbons (Fsp3) is 0.176. The van der Waals surface area contributed by atoms with Gasteiger partial charge in [-0.2, -0.15) is 10.7 Å². The Balaban J connectivity index is 2.22. The van der Waals surface area contributed by atoms with E-state index >= 15 is 0 Å². The van der Waals surface area contributed by atoms with Gasteiger partial charge in [-0.15, -0.1) is 13.2 Å². The van der Waals surface area contributed by atoms with Gasteiger partial charge in [0.1, 0.15) is 23.3 Å². The molecule has 2 rings (SSSR count). The van der Waals surface area contributed by atoms with Crippen molar-refractivity contribution in [2.45, 2.75) is 19.8 Å². The molecule has 0 aliphatic rings. The summed E-state index contributed by atoms with van der Waals surface area (Å²) in [5.41, 5.74) is 2.51. The average Bonchev–Trinajstić information content (AvgIpc) is 2.64. The summed E-state index contributed by atoms with van der Waals surface area (Å²) >= 11 is 0. The number of guanidine groups is 1. The van der Waals surface area contributed by atoms with E-state index in [1.165, 1.54) is 30.3 Å². The Kier molecular flexibility index (Phi) is 6.75. The van der Waals surface area contributed by atoms with Crippen LogP contribution in [0.1, 0.15) is 18.2 Å². The zero-order valence-electron chi connectivity index (χ0n) is 14.4. The van der Waals surface area contributed by atoms with Crippen LogP contribution in [-0.4, -0.2) is 23.3 Å². The van der Waals surface area contributed by atoms with Gasteiger partial charge >= 0.3 is 12.3 Å². The van der Waals surface area contributed by atoms with Crippen molar-refractivity contribution >= 4 is 17.7 Å². The van der Waals surface area contributed by atoms with Crippen LogP contribution in [0.3, 0.4) is 0 Å². The van der Waals surface area contributed by atoms with Crippen LogP contribution in [0, 0.1) is 11.3 Å². The molecule has 0 spiro atoms. The van der Waals surface area contributed by atoms with E-state index in [0.717, 1.165) is 13.0 Å². The van der Waals surface area contributed by atoms with E-state index in [1.54, 1.807) is 6.07 Å². The van der Waals surface area contributed by atoms with Crippen molar-refractivity contribution in [1.29, 1.82) is 5.26 Å². The fourth-order valence-electron chi connectivity index (χ4n) is 1.93. The third kappa shape index (κ3) is 6.83. The number of aromatic nitrogens is 1. The van der Waals surface area contributed by atoms with Crippen LogP contribution in [0.2, 0.25) is 0 Å². The third-order valence-corrected chi connectivity index (χ3v) is 3.01. The maximum absolute atomic E-state index is 12.5. The number of hydrogen-bond acceptors (Lipinski definition) is 6. The lowest BCUT2D eigenvalue weighted by atomic mass is 10.2. The second kappa shape index (κ2) is 9.22. The smallest absolute Gasteiger partial charge is 0.405 e. The summed E-state index contributed by atoms with van der Waals surface area (Å²) in [6.45, 7) is 0.909. The number of hydroxylamine groups is 1. The van der Waals surface area contributed by atoms with Crippen LogP contribution in [0.4, 0.5) is 19.0 Å². The van der Waals surface area contributed by atoms with E-state index in [0.29, 0.717) is 0 Å². The highest BCUT2D eigenvalue weighted by Gasteiger charge is 2.31. The Hall–Kier alpha value is -3.81. The van der Waals surface area contributed by atoms with Gasteiger partial charge in [0.15, 0.2) is 0 Å². The number of para-hydroxylation sites is 1. The van der Waals surface area contributed by atoms with Crippen molar-refractivity contribution in [2.24, 2.45) is 4.99 Å². The molecule has 146 valence electrons. The van der Waals surface area contributed by atoms with Crippen LogP contribution < -0.4 is 15.5 Å². The molecule has 0 fully saturated rings. The van der Waals surface area contributed by atoms with Crippen LogP contribution >= 0.6 is 0 Å². The van der Waals surface area contributed by atoms with Crippen molar-refractivity contribution in [2.75, 3.05) is 5.32 Å². The van der Waals surface area contributed by atoms with Crippen LogP contribution in [0.15, 0.2) is 47.5 Å². The molecule has 0 atom stereocenters. The maximum atomic E-state index is 12.5. The van der Waals surface area contributed by atoms with Crippen LogP contribution in [0.25, 0.3) is 0 Å². The van der Waals surface area contributed by atoms with E-state index in [9.17, 15) is 18.0 Å². The van der Waals surface area contributed by atoms with Crippen LogP contribution in [-0.2, 0) is 16.2 Å². The number of carbonyl (C=O) groups excluding carboxylic acids is 1. The number of hydrogen-bond donors (Lipinski definition) is 2. The highest BCUT2D eigenvalue weighted by Crippen LogP contribution is 2.26. The molecule has 0 aliphatic carbocycles. The summed E-state index contributed by atoms with van der Waals surface area (Å²) in [7, 11) is 0. The molecular formula is C17H14F3N5O3. The van der Waals surface area contributed by atoms with Gasteiger partial charge < -0.3 is 14.9 Å². The lowest BCUT2D eigenvalue weighted by molar-refractivity contribution is -0.274. The minimum Gasteiger partial charge on any atom is -0.405 e. The third-order valence-electron chi connectivity index (χ3n) is 3.01. The molecule has 0 saturated heterocycles. The molecule has 0 saturated carbocycles. The Labute approximate surface area is 157 Å². The van der Waals surface area contributed by atoms with Crippen molar-refractivity contribution in [1.82, 2.24) is 10.5 Å². The summed E-state index contributed by atoms with van der Waals surface area (Å²) in [5.74, 6) is -0.985. The monoisotopic (exact) mass is 393 g/mol. The molecule has 2 aromatic rings. The number of aliphatic imine (C=N–C) groups is 1. The first kappa shape index (κ1) is 20.5. The molecule has 0 amide bonds. The molecule has 2 N–H and O–H groups in total. The number of nitriles is 1. The second-order valence-electron chi connectivity index (χ2n) is 5.16. The highest BCUT2D eigenvalue weighted by atomic mass is 19.4. The SMILES string of the molecule is CC(=O)ONC(=NCc1ccccc1OC(F)(F)F)Nc1cccc(C#N)n1. The summed E-state index contributed by atoms with van der Waals surface area (Å²) in [6.07, 6.45) is -4.85. The first-order valence-electron chi connectivity index (χ1n) is 7.72. The number of rotatable bonds is 4. The van der Waals surface area contributed by atoms with Gasteiger partial charge in [-0.3, -0.25) is 4.79 Å². The molecule has 0 bridgehead atoms. The average molecular weight is 393 g/mol. The number of alkyl halides is 3. The zero-order valence-corrected chi connectivity index (χ0v) is 14.4. The lowest BCUT2D eigenvalue weighted by Gasteiger charge is -2.13. The molecule has 0 radical (unpaired) electrons. The number of anilines is 1. The zero-order chi connectivity index (χ0) is 20.6. The minimum atomic E-state index is -4.85. The molecule has 28 heavy (non-hydrogen) atoms. The Bertz CT molecular complexity index is 909. The van der Waals surface area contributed by atoms with Gasteiger partial charge in [0.25, 0.3) is 0 Å². The first-order valence-corrected chi connectivity index (χ1v) is 7.72. The topological polar surface area (TPSA) is 109 Å². The molecule has 1 heterocycles. The largest absolute Gasteiger partial charge is 0.573 e. The van der Waals surface area contributed by atoms with E-state index in [4.69, 9.17) is 5.26 Å². The lowest BCUT2D eigenvalue weighted by Crippen LogP contribution is -2.33. The summed E-state index contributed by atoms with van der Waals surface area (Å²) in [4.78, 5) is 23.7. The maximum Gasteiger partial charge on any atom is 0.573 e. The number of halogens is 3. The number of ether oxygens (including phenoxy) is 1. The molecule has 8 nitrogen and oxygen atoms in total. The number of pyridine rings is 1. The number of carbonyl (C=O) groups is 1. The number of nitrogens with one attached hydrogen (secondary N) is 2. The summed E-state index contributed by atoms with van der Waals surface area (Å²) in [5, 5.41) is 11.6. The molecule has 0 aliphatic heterocycles. The summed E-state index contributed by atoms with van der Waals surface area (Å²) in [6, 6.07) is 11.9. The Morgan fingerprint density at radius 3 is 2.68 bits per heavy atom. The number of nitrogens with zero attached hydrogens (tertiary/aromatic N) is 3. The number of benzene rings is 1. The van der Waals surface area contributed by atoms with Crippen molar-refractivity contribution in [3.05, 3.63) is 53.7 Å². The molecule has 1 aromatic heterocycles. The molecular weight excluding hydrogens is 379 g/mol. The minimum absolute atomic E-state index is 0.111. The summed E-state index contributed by atoms with van der Waals surface area (Å²) < 4.78 is 41.5. The second-order valence-corrected chi connectivity index (χ2v) is 5.16. The van der Waals surface area contributed by atoms with E-state index in [1.807, 2.05) is 6.07 Å². The molecule has 0 unspecified atom stereocenters. The van der Waals surface area contributed by atoms with E-state index < -0.39 is 18.1 Å². The van der Waals surface area contributed by atoms with E-state index in [2.05, 4.69) is 30.3 Å². The predicted octanol–water partition coefficient (Wildman–Crippen LogP) is 2.89. The highest BCUT2D eigenvalue weighted by molar-refractivity contribution is 5.92. The van der Waals surface area contributed by atoms with Gasteiger partial charge in [0, 0.05) is 12.5 Å². The van der Waals surface area contributed by atoms with Gasteiger partial charge in [-0.05, 0) is 18.2 Å². The van der Waals surface area contributed by atoms with Gasteiger partial charge in [0.05, 0.1) is 6.54 Å². The normalized spacial score (nSPS) is 11.3.